The van der Waals surface area contributed by atoms with Crippen molar-refractivity contribution in [1.82, 2.24) is 5.32 Å². The van der Waals surface area contributed by atoms with E-state index in [9.17, 15) is 9.59 Å². The third kappa shape index (κ3) is 6.73. The van der Waals surface area contributed by atoms with Crippen molar-refractivity contribution in [1.29, 1.82) is 0 Å². The molecule has 0 aliphatic rings. The van der Waals surface area contributed by atoms with E-state index in [1.165, 1.54) is 11.6 Å². The van der Waals surface area contributed by atoms with Gasteiger partial charge in [0.1, 0.15) is 0 Å². The molecule has 0 aliphatic carbocycles. The number of unbranched alkanes of at least 4 members (excludes halogenated alkanes) is 1. The van der Waals surface area contributed by atoms with Crippen LogP contribution in [0, 0.1) is 0 Å². The number of carbonyl (C=O) groups is 2. The van der Waals surface area contributed by atoms with E-state index in [0.717, 1.165) is 12.0 Å². The Balaban J connectivity index is 2.26. The zero-order chi connectivity index (χ0) is 14.8. The van der Waals surface area contributed by atoms with Gasteiger partial charge in [-0.15, -0.1) is 0 Å². The van der Waals surface area contributed by atoms with Crippen molar-refractivity contribution in [2.45, 2.75) is 32.6 Å². The molecule has 0 fully saturated rings. The number of benzene rings is 1. The Kier molecular flexibility index (Phi) is 7.11. The van der Waals surface area contributed by atoms with Crippen LogP contribution in [0.5, 0.6) is 0 Å². The quantitative estimate of drug-likeness (QED) is 0.566. The number of carbonyl (C=O) groups excluding carboxylic acids is 1. The van der Waals surface area contributed by atoms with Crippen LogP contribution < -0.4 is 5.32 Å². The van der Waals surface area contributed by atoms with Crippen LogP contribution in [0.3, 0.4) is 0 Å². The van der Waals surface area contributed by atoms with E-state index >= 15 is 0 Å². The van der Waals surface area contributed by atoms with Crippen molar-refractivity contribution >= 4 is 18.0 Å². The average Bonchev–Trinajstić information content (AvgIpc) is 2.45. The maximum absolute atomic E-state index is 11.5. The Morgan fingerprint density at radius 2 is 1.90 bits per heavy atom. The first-order chi connectivity index (χ1) is 9.61. The van der Waals surface area contributed by atoms with Crippen LogP contribution in [-0.2, 0) is 16.0 Å². The van der Waals surface area contributed by atoms with Crippen LogP contribution in [0.25, 0.3) is 6.08 Å². The molecule has 4 heteroatoms. The molecule has 0 aromatic heterocycles. The number of hydrogen-bond donors (Lipinski definition) is 2. The number of aryl methyl sites for hydroxylation is 1. The zero-order valence-corrected chi connectivity index (χ0v) is 11.8. The Hall–Kier alpha value is -2.10. The molecule has 1 rings (SSSR count). The molecule has 0 saturated carbocycles. The third-order valence-corrected chi connectivity index (χ3v) is 2.93. The van der Waals surface area contributed by atoms with Gasteiger partial charge < -0.3 is 10.4 Å². The summed E-state index contributed by atoms with van der Waals surface area (Å²) < 4.78 is 0. The first-order valence-electron chi connectivity index (χ1n) is 6.88. The molecule has 0 atom stereocenters. The number of nitrogens with one attached hydrogen (secondary N) is 1. The summed E-state index contributed by atoms with van der Waals surface area (Å²) in [5.41, 5.74) is 2.26. The van der Waals surface area contributed by atoms with E-state index in [2.05, 4.69) is 12.2 Å². The first-order valence-corrected chi connectivity index (χ1v) is 6.88. The number of rotatable bonds is 8. The Morgan fingerprint density at radius 3 is 2.50 bits per heavy atom. The van der Waals surface area contributed by atoms with Crippen LogP contribution in [0.2, 0.25) is 0 Å². The molecule has 0 heterocycles. The van der Waals surface area contributed by atoms with Crippen LogP contribution >= 0.6 is 0 Å². The van der Waals surface area contributed by atoms with Crippen molar-refractivity contribution in [3.05, 3.63) is 41.5 Å². The van der Waals surface area contributed by atoms with Gasteiger partial charge in [0.15, 0.2) is 0 Å². The highest BCUT2D eigenvalue weighted by Gasteiger charge is 1.98. The fourth-order valence-electron chi connectivity index (χ4n) is 1.71. The molecular weight excluding hydrogens is 254 g/mol. The van der Waals surface area contributed by atoms with Crippen LogP contribution in [-0.4, -0.2) is 23.5 Å². The van der Waals surface area contributed by atoms with Gasteiger partial charge in [0.2, 0.25) is 5.91 Å². The van der Waals surface area contributed by atoms with Gasteiger partial charge in [0.25, 0.3) is 0 Å². The minimum atomic E-state index is -0.799. The largest absolute Gasteiger partial charge is 0.481 e. The summed E-state index contributed by atoms with van der Waals surface area (Å²) in [5.74, 6) is -0.952. The Labute approximate surface area is 119 Å². The topological polar surface area (TPSA) is 66.4 Å². The number of amides is 1. The normalized spacial score (nSPS) is 10.7. The second kappa shape index (κ2) is 8.91. The fraction of sp³-hybridized carbons (Fsp3) is 0.375. The lowest BCUT2D eigenvalue weighted by Crippen LogP contribution is -2.22. The number of hydrogen-bond acceptors (Lipinski definition) is 2. The van der Waals surface area contributed by atoms with Crippen LogP contribution in [0.15, 0.2) is 30.3 Å². The van der Waals surface area contributed by atoms with Gasteiger partial charge in [0.05, 0.1) is 0 Å². The molecule has 1 aromatic rings. The van der Waals surface area contributed by atoms with Crippen molar-refractivity contribution in [3.8, 4) is 0 Å². The number of carboxylic acids is 1. The van der Waals surface area contributed by atoms with Crippen molar-refractivity contribution in [2.24, 2.45) is 0 Å². The van der Waals surface area contributed by atoms with Gasteiger partial charge in [-0.3, -0.25) is 9.59 Å². The highest BCUT2D eigenvalue weighted by atomic mass is 16.4. The second-order valence-corrected chi connectivity index (χ2v) is 4.57. The number of aliphatic carboxylic acids is 1. The number of carboxylic acid groups (broad SMARTS) is 1. The lowest BCUT2D eigenvalue weighted by molar-refractivity contribution is -0.137. The zero-order valence-electron chi connectivity index (χ0n) is 11.8. The summed E-state index contributed by atoms with van der Waals surface area (Å²) in [4.78, 5) is 21.8. The molecule has 0 bridgehead atoms. The van der Waals surface area contributed by atoms with Gasteiger partial charge in [-0.1, -0.05) is 31.2 Å². The van der Waals surface area contributed by atoms with E-state index in [0.29, 0.717) is 19.4 Å². The summed E-state index contributed by atoms with van der Waals surface area (Å²) >= 11 is 0. The van der Waals surface area contributed by atoms with Gasteiger partial charge in [-0.25, -0.2) is 0 Å². The van der Waals surface area contributed by atoms with Crippen molar-refractivity contribution in [3.63, 3.8) is 0 Å². The monoisotopic (exact) mass is 275 g/mol. The fourth-order valence-corrected chi connectivity index (χ4v) is 1.71. The predicted octanol–water partition coefficient (Wildman–Crippen LogP) is 2.63. The molecule has 1 amide bonds. The Morgan fingerprint density at radius 1 is 1.20 bits per heavy atom. The summed E-state index contributed by atoms with van der Waals surface area (Å²) in [6, 6.07) is 8.05. The van der Waals surface area contributed by atoms with Crippen molar-refractivity contribution < 1.29 is 14.7 Å². The molecule has 2 N–H and O–H groups in total. The summed E-state index contributed by atoms with van der Waals surface area (Å²) in [6.45, 7) is 2.61. The minimum absolute atomic E-state index is 0.148. The van der Waals surface area contributed by atoms with E-state index in [-0.39, 0.29) is 12.3 Å². The van der Waals surface area contributed by atoms with Gasteiger partial charge >= 0.3 is 5.97 Å². The summed E-state index contributed by atoms with van der Waals surface area (Å²) in [5, 5.41) is 11.2. The molecular formula is C16H21NO3. The lowest BCUT2D eigenvalue weighted by atomic mass is 10.1. The minimum Gasteiger partial charge on any atom is -0.481 e. The molecule has 0 spiro atoms. The van der Waals surface area contributed by atoms with E-state index < -0.39 is 5.97 Å². The smallest absolute Gasteiger partial charge is 0.303 e. The maximum atomic E-state index is 11.5. The van der Waals surface area contributed by atoms with Crippen LogP contribution in [0.1, 0.15) is 37.3 Å². The molecule has 0 unspecified atom stereocenters. The maximum Gasteiger partial charge on any atom is 0.303 e. The van der Waals surface area contributed by atoms with E-state index in [1.807, 2.05) is 24.3 Å². The van der Waals surface area contributed by atoms with Crippen LogP contribution in [0.4, 0.5) is 0 Å². The third-order valence-electron chi connectivity index (χ3n) is 2.93. The standard InChI is InChI=1S/C16H21NO3/c1-2-13-6-8-14(9-7-13)10-11-15(18)17-12-4-3-5-16(19)20/h6-11H,2-5,12H2,1H3,(H,17,18)(H,19,20). The first kappa shape index (κ1) is 16.0. The van der Waals surface area contributed by atoms with Gasteiger partial charge in [-0.2, -0.15) is 0 Å². The summed E-state index contributed by atoms with van der Waals surface area (Å²) in [6.07, 6.45) is 5.68. The molecule has 1 aromatic carbocycles. The molecule has 0 saturated heterocycles. The lowest BCUT2D eigenvalue weighted by Gasteiger charge is -2.01. The van der Waals surface area contributed by atoms with E-state index in [1.54, 1.807) is 6.08 Å². The highest BCUT2D eigenvalue weighted by molar-refractivity contribution is 5.91. The SMILES string of the molecule is CCc1ccc(C=CC(=O)NCCCCC(=O)O)cc1. The second-order valence-electron chi connectivity index (χ2n) is 4.57. The van der Waals surface area contributed by atoms with Gasteiger partial charge in [-0.05, 0) is 36.5 Å². The van der Waals surface area contributed by atoms with Crippen molar-refractivity contribution in [2.75, 3.05) is 6.54 Å². The van der Waals surface area contributed by atoms with Gasteiger partial charge in [0, 0.05) is 19.0 Å². The van der Waals surface area contributed by atoms with E-state index in [4.69, 9.17) is 5.11 Å². The predicted molar refractivity (Wildman–Crippen MR) is 79.4 cm³/mol. The molecule has 20 heavy (non-hydrogen) atoms. The average molecular weight is 275 g/mol. The summed E-state index contributed by atoms with van der Waals surface area (Å²) in [7, 11) is 0. The highest BCUT2D eigenvalue weighted by Crippen LogP contribution is 2.06. The molecule has 0 radical (unpaired) electrons. The Bertz CT molecular complexity index is 463. The molecule has 108 valence electrons. The molecule has 4 nitrogen and oxygen atoms in total. The molecule has 0 aliphatic heterocycles.